The summed E-state index contributed by atoms with van der Waals surface area (Å²) in [5.74, 6) is 0. The van der Waals surface area contributed by atoms with Crippen LogP contribution in [-0.4, -0.2) is 7.55 Å². The van der Waals surface area contributed by atoms with Crippen LogP contribution >= 0.6 is 0 Å². The summed E-state index contributed by atoms with van der Waals surface area (Å²) in [5, 5.41) is 0. The van der Waals surface area contributed by atoms with Crippen LogP contribution in [0.3, 0.4) is 0 Å². The van der Waals surface area contributed by atoms with Gasteiger partial charge in [0, 0.05) is 98.1 Å². The molecule has 0 rings (SSSR count). The van der Waals surface area contributed by atoms with E-state index >= 15 is 0 Å². The molecular formula is H4BN2Y3. The molecular weight excluding hydrogens is 306 g/mol. The molecule has 0 aliphatic heterocycles. The SMILES string of the molecule is N[B]N.[Y].[Y].[Y]. The van der Waals surface area contributed by atoms with Crippen LogP contribution in [-0.2, 0) is 98.1 Å². The Morgan fingerprint density at radius 2 is 0.833 bits per heavy atom. The first-order valence-corrected chi connectivity index (χ1v) is 0.667. The van der Waals surface area contributed by atoms with Crippen molar-refractivity contribution in [3.63, 3.8) is 0 Å². The third kappa shape index (κ3) is 26.6. The van der Waals surface area contributed by atoms with Crippen molar-refractivity contribution >= 4 is 7.55 Å². The summed E-state index contributed by atoms with van der Waals surface area (Å²) < 4.78 is 0. The average Bonchev–Trinajstić information content (AvgIpc) is 0.918. The van der Waals surface area contributed by atoms with Crippen molar-refractivity contribution in [2.45, 2.75) is 0 Å². The topological polar surface area (TPSA) is 52.0 Å². The predicted molar refractivity (Wildman–Crippen MR) is 14.1 cm³/mol. The number of hydrogen-bond donors (Lipinski definition) is 2. The minimum Gasteiger partial charge on any atom is -0.360 e. The Bertz CT molecular complexity index is 8.75. The van der Waals surface area contributed by atoms with Gasteiger partial charge in [-0.25, -0.2) is 0 Å². The number of rotatable bonds is 0. The van der Waals surface area contributed by atoms with Crippen LogP contribution in [0.1, 0.15) is 0 Å². The molecule has 0 spiro atoms. The molecule has 2 nitrogen and oxygen atoms in total. The minimum atomic E-state index is 0. The zero-order valence-corrected chi connectivity index (χ0v) is 12.0. The van der Waals surface area contributed by atoms with Gasteiger partial charge in [0.1, 0.15) is 0 Å². The maximum Gasteiger partial charge on any atom is 0.301 e. The molecule has 0 aromatic heterocycles. The molecule has 6 heavy (non-hydrogen) atoms. The Kier molecular flexibility index (Phi) is 91.0. The van der Waals surface area contributed by atoms with Crippen molar-refractivity contribution in [2.24, 2.45) is 11.3 Å². The van der Waals surface area contributed by atoms with E-state index < -0.39 is 0 Å². The number of nitrogens with two attached hydrogens (primary N) is 2. The van der Waals surface area contributed by atoms with Crippen molar-refractivity contribution in [2.75, 3.05) is 0 Å². The van der Waals surface area contributed by atoms with Crippen LogP contribution in [0, 0.1) is 0 Å². The zero-order chi connectivity index (χ0) is 2.71. The molecule has 0 amide bonds. The Morgan fingerprint density at radius 3 is 0.833 bits per heavy atom. The van der Waals surface area contributed by atoms with Crippen molar-refractivity contribution in [3.05, 3.63) is 0 Å². The maximum atomic E-state index is 4.50. The van der Waals surface area contributed by atoms with Crippen molar-refractivity contribution < 1.29 is 98.1 Å². The third-order valence-corrected chi connectivity index (χ3v) is 0. The maximum absolute atomic E-state index is 4.50. The fourth-order valence-corrected chi connectivity index (χ4v) is 0. The monoisotopic (exact) mass is 310 g/mol. The van der Waals surface area contributed by atoms with Crippen molar-refractivity contribution in [3.8, 4) is 0 Å². The quantitative estimate of drug-likeness (QED) is 0.531. The van der Waals surface area contributed by atoms with E-state index in [1.165, 1.54) is 0 Å². The van der Waals surface area contributed by atoms with E-state index in [1.807, 2.05) is 0 Å². The van der Waals surface area contributed by atoms with E-state index in [-0.39, 0.29) is 98.1 Å². The molecule has 4 radical (unpaired) electrons. The van der Waals surface area contributed by atoms with Crippen LogP contribution in [0.2, 0.25) is 0 Å². The second-order valence-corrected chi connectivity index (χ2v) is 0.192. The summed E-state index contributed by atoms with van der Waals surface area (Å²) in [7, 11) is 1.00. The Morgan fingerprint density at radius 1 is 0.833 bits per heavy atom. The first-order chi connectivity index (χ1) is 1.41. The van der Waals surface area contributed by atoms with Gasteiger partial charge >= 0.3 is 7.55 Å². The van der Waals surface area contributed by atoms with Gasteiger partial charge in [0.25, 0.3) is 0 Å². The van der Waals surface area contributed by atoms with Gasteiger partial charge in [0.15, 0.2) is 0 Å². The zero-order valence-electron chi connectivity index (χ0n) is 3.46. The Labute approximate surface area is 114 Å². The Hall–Kier alpha value is 3.30. The van der Waals surface area contributed by atoms with Crippen LogP contribution < -0.4 is 11.3 Å². The van der Waals surface area contributed by atoms with Gasteiger partial charge in [-0.3, -0.25) is 0 Å². The van der Waals surface area contributed by atoms with E-state index in [4.69, 9.17) is 0 Å². The molecule has 0 heterocycles. The molecule has 26 valence electrons. The van der Waals surface area contributed by atoms with Gasteiger partial charge in [-0.05, 0) is 0 Å². The largest absolute Gasteiger partial charge is 0.360 e. The molecule has 4 N–H and O–H groups in total. The third-order valence-electron chi connectivity index (χ3n) is 0. The standard InChI is InChI=1S/BH4N2.3Y/c2-1-3;;;/h2-3H2;;;. The summed E-state index contributed by atoms with van der Waals surface area (Å²) in [6.07, 6.45) is 0. The molecule has 0 aromatic carbocycles. The van der Waals surface area contributed by atoms with Crippen molar-refractivity contribution in [1.82, 2.24) is 0 Å². The van der Waals surface area contributed by atoms with Gasteiger partial charge in [0.05, 0.1) is 0 Å². The van der Waals surface area contributed by atoms with Gasteiger partial charge in [-0.1, -0.05) is 0 Å². The summed E-state index contributed by atoms with van der Waals surface area (Å²) in [6, 6.07) is 0. The van der Waals surface area contributed by atoms with E-state index in [0.717, 1.165) is 7.55 Å². The summed E-state index contributed by atoms with van der Waals surface area (Å²) in [4.78, 5) is 0. The molecule has 0 aliphatic carbocycles. The first-order valence-electron chi connectivity index (χ1n) is 0.667. The second kappa shape index (κ2) is 23.9. The first kappa shape index (κ1) is 22.8. The predicted octanol–water partition coefficient (Wildman–Crippen LogP) is -1.57. The molecule has 6 heteroatoms. The molecule has 0 saturated heterocycles. The summed E-state index contributed by atoms with van der Waals surface area (Å²) in [5.41, 5.74) is 9.00. The average molecular weight is 310 g/mol. The van der Waals surface area contributed by atoms with E-state index in [0.29, 0.717) is 0 Å². The molecule has 0 fully saturated rings. The van der Waals surface area contributed by atoms with Crippen LogP contribution in [0.25, 0.3) is 0 Å². The Balaban J connectivity index is -0.00000000667. The van der Waals surface area contributed by atoms with E-state index in [1.54, 1.807) is 0 Å². The van der Waals surface area contributed by atoms with E-state index in [2.05, 4.69) is 11.3 Å². The molecule has 0 unspecified atom stereocenters. The van der Waals surface area contributed by atoms with Crippen LogP contribution in [0.5, 0.6) is 0 Å². The van der Waals surface area contributed by atoms with Crippen LogP contribution in [0.15, 0.2) is 0 Å². The molecule has 0 bridgehead atoms. The molecule has 0 atom stereocenters. The minimum absolute atomic E-state index is 0. The molecule has 0 aromatic rings. The molecule has 0 saturated carbocycles. The van der Waals surface area contributed by atoms with Gasteiger partial charge in [0.2, 0.25) is 0 Å². The van der Waals surface area contributed by atoms with Gasteiger partial charge < -0.3 is 11.3 Å². The van der Waals surface area contributed by atoms with Crippen molar-refractivity contribution in [1.29, 1.82) is 0 Å². The fraction of sp³-hybridized carbons (Fsp3) is 0. The van der Waals surface area contributed by atoms with Gasteiger partial charge in [-0.15, -0.1) is 0 Å². The smallest absolute Gasteiger partial charge is 0.301 e. The van der Waals surface area contributed by atoms with Crippen LogP contribution in [0.4, 0.5) is 0 Å². The summed E-state index contributed by atoms with van der Waals surface area (Å²) >= 11 is 0. The van der Waals surface area contributed by atoms with E-state index in [9.17, 15) is 0 Å². The summed E-state index contributed by atoms with van der Waals surface area (Å²) in [6.45, 7) is 0. The second-order valence-electron chi connectivity index (χ2n) is 0.192. The normalized spacial score (nSPS) is 2.33. The van der Waals surface area contributed by atoms with Gasteiger partial charge in [-0.2, -0.15) is 0 Å². The molecule has 0 aliphatic rings. The number of hydrogen-bond acceptors (Lipinski definition) is 2. The fourth-order valence-electron chi connectivity index (χ4n) is 0.